The van der Waals surface area contributed by atoms with Gasteiger partial charge in [-0.2, -0.15) is 0 Å². The third kappa shape index (κ3) is 1.37. The monoisotopic (exact) mass is 168 g/mol. The average molecular weight is 169 g/mol. The zero-order valence-electron chi connectivity index (χ0n) is 6.86. The van der Waals surface area contributed by atoms with Gasteiger partial charge in [-0.05, 0) is 44.1 Å². The minimum absolute atomic E-state index is 0.819. The molecule has 60 valence electrons. The Balaban J connectivity index is 2.29. The lowest BCUT2D eigenvalue weighted by atomic mass is 9.95. The first-order valence-corrected chi connectivity index (χ1v) is 4.72. The molecule has 2 aliphatic rings. The highest BCUT2D eigenvalue weighted by Crippen LogP contribution is 2.45. The quantitative estimate of drug-likeness (QED) is 0.561. The van der Waals surface area contributed by atoms with E-state index in [1.807, 2.05) is 0 Å². The summed E-state index contributed by atoms with van der Waals surface area (Å²) in [6.45, 7) is 2.23. The van der Waals surface area contributed by atoms with Gasteiger partial charge < -0.3 is 0 Å². The second kappa shape index (κ2) is 2.67. The van der Waals surface area contributed by atoms with Crippen molar-refractivity contribution in [3.05, 3.63) is 22.3 Å². The molecule has 0 heterocycles. The highest BCUT2D eigenvalue weighted by molar-refractivity contribution is 6.32. The highest BCUT2D eigenvalue weighted by atomic mass is 35.5. The first kappa shape index (κ1) is 7.42. The topological polar surface area (TPSA) is 0 Å². The van der Waals surface area contributed by atoms with Crippen molar-refractivity contribution in [1.82, 2.24) is 0 Å². The molecule has 0 aromatic heterocycles. The molecule has 2 rings (SSSR count). The van der Waals surface area contributed by atoms with Crippen molar-refractivity contribution in [1.29, 1.82) is 0 Å². The van der Waals surface area contributed by atoms with Crippen LogP contribution in [0, 0.1) is 5.92 Å². The largest absolute Gasteiger partial charge is 0.0844 e. The van der Waals surface area contributed by atoms with Gasteiger partial charge in [0.25, 0.3) is 0 Å². The second-order valence-electron chi connectivity index (χ2n) is 3.56. The van der Waals surface area contributed by atoms with E-state index >= 15 is 0 Å². The fourth-order valence-corrected chi connectivity index (χ4v) is 2.20. The molecule has 0 N–H and O–H groups in total. The van der Waals surface area contributed by atoms with Gasteiger partial charge in [-0.15, -0.1) is 0 Å². The molecule has 0 atom stereocenters. The van der Waals surface area contributed by atoms with Crippen LogP contribution in [-0.2, 0) is 0 Å². The van der Waals surface area contributed by atoms with Crippen LogP contribution < -0.4 is 0 Å². The van der Waals surface area contributed by atoms with Crippen LogP contribution in [0.5, 0.6) is 0 Å². The van der Waals surface area contributed by atoms with Crippen molar-refractivity contribution in [2.24, 2.45) is 5.92 Å². The first-order valence-electron chi connectivity index (χ1n) is 4.34. The lowest BCUT2D eigenvalue weighted by molar-refractivity contribution is 0.880. The Morgan fingerprint density at radius 2 is 2.18 bits per heavy atom. The highest BCUT2D eigenvalue weighted by Gasteiger charge is 2.29. The van der Waals surface area contributed by atoms with Crippen molar-refractivity contribution < 1.29 is 0 Å². The predicted octanol–water partition coefficient (Wildman–Crippen LogP) is 3.63. The van der Waals surface area contributed by atoms with Gasteiger partial charge in [0, 0.05) is 5.03 Å². The molecule has 11 heavy (non-hydrogen) atoms. The van der Waals surface area contributed by atoms with Crippen LogP contribution in [0.25, 0.3) is 0 Å². The third-order valence-corrected chi connectivity index (χ3v) is 2.90. The molecule has 0 bridgehead atoms. The minimum Gasteiger partial charge on any atom is -0.0844 e. The first-order chi connectivity index (χ1) is 5.29. The molecule has 0 nitrogen and oxygen atoms in total. The summed E-state index contributed by atoms with van der Waals surface area (Å²) in [4.78, 5) is 0. The van der Waals surface area contributed by atoms with Crippen molar-refractivity contribution in [3.8, 4) is 0 Å². The molecular weight excluding hydrogens is 156 g/mol. The molecule has 0 aromatic carbocycles. The van der Waals surface area contributed by atoms with E-state index in [9.17, 15) is 0 Å². The van der Waals surface area contributed by atoms with E-state index in [1.165, 1.54) is 30.4 Å². The van der Waals surface area contributed by atoms with E-state index in [0.717, 1.165) is 17.4 Å². The van der Waals surface area contributed by atoms with E-state index in [0.29, 0.717) is 0 Å². The molecule has 1 fully saturated rings. The summed E-state index contributed by atoms with van der Waals surface area (Å²) in [6.07, 6.45) is 7.25. The van der Waals surface area contributed by atoms with Crippen molar-refractivity contribution >= 4 is 11.6 Å². The Morgan fingerprint density at radius 1 is 1.45 bits per heavy atom. The lowest BCUT2D eigenvalue weighted by Gasteiger charge is -2.14. The van der Waals surface area contributed by atoms with Gasteiger partial charge in [0.2, 0.25) is 0 Å². The van der Waals surface area contributed by atoms with E-state index in [2.05, 4.69) is 13.0 Å². The number of allylic oxidation sites excluding steroid dienone is 4. The molecule has 0 radical (unpaired) electrons. The third-order valence-electron chi connectivity index (χ3n) is 2.55. The minimum atomic E-state index is 0.819. The SMILES string of the molecule is CC1=C(C2CC2)C(Cl)=CCC1. The number of hydrogen-bond donors (Lipinski definition) is 0. The van der Waals surface area contributed by atoms with Gasteiger partial charge >= 0.3 is 0 Å². The van der Waals surface area contributed by atoms with Crippen LogP contribution >= 0.6 is 11.6 Å². The Kier molecular flexibility index (Phi) is 1.80. The molecule has 0 unspecified atom stereocenters. The Morgan fingerprint density at radius 3 is 2.73 bits per heavy atom. The summed E-state index contributed by atoms with van der Waals surface area (Å²) < 4.78 is 0. The Hall–Kier alpha value is -0.230. The zero-order chi connectivity index (χ0) is 7.84. The average Bonchev–Trinajstić information content (AvgIpc) is 2.70. The normalized spacial score (nSPS) is 25.5. The predicted molar refractivity (Wildman–Crippen MR) is 48.6 cm³/mol. The fraction of sp³-hybridized carbons (Fsp3) is 0.600. The summed E-state index contributed by atoms with van der Waals surface area (Å²) >= 11 is 6.12. The second-order valence-corrected chi connectivity index (χ2v) is 3.97. The van der Waals surface area contributed by atoms with E-state index in [4.69, 9.17) is 11.6 Å². The van der Waals surface area contributed by atoms with Crippen LogP contribution in [0.2, 0.25) is 0 Å². The molecule has 0 amide bonds. The maximum absolute atomic E-state index is 6.12. The van der Waals surface area contributed by atoms with Crippen molar-refractivity contribution in [2.45, 2.75) is 32.6 Å². The van der Waals surface area contributed by atoms with Gasteiger partial charge in [0.05, 0.1) is 0 Å². The van der Waals surface area contributed by atoms with Crippen LogP contribution in [0.1, 0.15) is 32.6 Å². The molecule has 0 aromatic rings. The Labute approximate surface area is 72.9 Å². The van der Waals surface area contributed by atoms with Gasteiger partial charge in [0.15, 0.2) is 0 Å². The van der Waals surface area contributed by atoms with E-state index < -0.39 is 0 Å². The molecule has 1 saturated carbocycles. The van der Waals surface area contributed by atoms with Gasteiger partial charge in [0.1, 0.15) is 0 Å². The van der Waals surface area contributed by atoms with Crippen LogP contribution in [0.15, 0.2) is 22.3 Å². The van der Waals surface area contributed by atoms with Crippen LogP contribution in [-0.4, -0.2) is 0 Å². The van der Waals surface area contributed by atoms with Crippen molar-refractivity contribution in [2.75, 3.05) is 0 Å². The molecule has 0 saturated heterocycles. The number of hydrogen-bond acceptors (Lipinski definition) is 0. The summed E-state index contributed by atoms with van der Waals surface area (Å²) in [5.74, 6) is 0.819. The van der Waals surface area contributed by atoms with Gasteiger partial charge in [-0.25, -0.2) is 0 Å². The molecule has 0 spiro atoms. The van der Waals surface area contributed by atoms with Crippen LogP contribution in [0.4, 0.5) is 0 Å². The standard InChI is InChI=1S/C10H13Cl/c1-7-3-2-4-9(11)10(7)8-5-6-8/h4,8H,2-3,5-6H2,1H3. The summed E-state index contributed by atoms with van der Waals surface area (Å²) in [5.41, 5.74) is 3.00. The summed E-state index contributed by atoms with van der Waals surface area (Å²) in [6, 6.07) is 0. The maximum Gasteiger partial charge on any atom is 0.0400 e. The molecule has 0 aliphatic heterocycles. The maximum atomic E-state index is 6.12. The van der Waals surface area contributed by atoms with E-state index in [1.54, 1.807) is 0 Å². The van der Waals surface area contributed by atoms with Gasteiger partial charge in [-0.3, -0.25) is 0 Å². The van der Waals surface area contributed by atoms with Crippen LogP contribution in [0.3, 0.4) is 0 Å². The fourth-order valence-electron chi connectivity index (χ4n) is 1.78. The molecule has 2 aliphatic carbocycles. The number of halogens is 1. The zero-order valence-corrected chi connectivity index (χ0v) is 7.62. The molecular formula is C10H13Cl. The lowest BCUT2D eigenvalue weighted by Crippen LogP contribution is -1.97. The van der Waals surface area contributed by atoms with E-state index in [-0.39, 0.29) is 0 Å². The van der Waals surface area contributed by atoms with Gasteiger partial charge in [-0.1, -0.05) is 23.3 Å². The summed E-state index contributed by atoms with van der Waals surface area (Å²) in [5, 5.41) is 1.04. The van der Waals surface area contributed by atoms with Crippen molar-refractivity contribution in [3.63, 3.8) is 0 Å². The Bertz CT molecular complexity index is 231. The number of rotatable bonds is 1. The summed E-state index contributed by atoms with van der Waals surface area (Å²) in [7, 11) is 0. The smallest absolute Gasteiger partial charge is 0.0400 e. The molecule has 1 heteroatoms.